The Hall–Kier alpha value is -1.65. The minimum atomic E-state index is -3.56. The van der Waals surface area contributed by atoms with Crippen molar-refractivity contribution in [1.29, 1.82) is 0 Å². The Morgan fingerprint density at radius 1 is 1.04 bits per heavy atom. The van der Waals surface area contributed by atoms with Crippen molar-refractivity contribution in [3.63, 3.8) is 0 Å². The summed E-state index contributed by atoms with van der Waals surface area (Å²) in [6.45, 7) is 1.93. The second-order valence-electron chi connectivity index (χ2n) is 5.72. The van der Waals surface area contributed by atoms with Gasteiger partial charge in [-0.25, -0.2) is 0 Å². The number of halogens is 1. The zero-order valence-electron chi connectivity index (χ0n) is 14.4. The molecule has 0 bridgehead atoms. The fourth-order valence-corrected chi connectivity index (χ4v) is 3.69. The highest BCUT2D eigenvalue weighted by molar-refractivity contribution is 14.1. The van der Waals surface area contributed by atoms with Gasteiger partial charge in [-0.15, -0.1) is 0 Å². The van der Waals surface area contributed by atoms with Gasteiger partial charge in [0, 0.05) is 36.0 Å². The van der Waals surface area contributed by atoms with Crippen molar-refractivity contribution in [2.24, 2.45) is 0 Å². The molecule has 0 saturated heterocycles. The number of anilines is 2. The van der Waals surface area contributed by atoms with E-state index in [0.29, 0.717) is 11.3 Å². The summed E-state index contributed by atoms with van der Waals surface area (Å²) in [5.41, 5.74) is 2.67. The highest BCUT2D eigenvalue weighted by atomic mass is 127. The molecule has 2 aromatic rings. The number of nitrogens with one attached hydrogen (secondary N) is 1. The van der Waals surface area contributed by atoms with Gasteiger partial charge in [-0.3, -0.25) is 9.10 Å². The standard InChI is InChI=1S/C17H20IN3O3S/c1-12-11-14(18)7-10-16(12)19-17(22)13-5-8-15(9-6-13)21(4)25(23,24)20(2)3/h5-11H,1-4H3,(H,19,22). The molecule has 0 atom stereocenters. The Morgan fingerprint density at radius 2 is 1.64 bits per heavy atom. The third-order valence-corrected chi connectivity index (χ3v) is 6.23. The van der Waals surface area contributed by atoms with Crippen LogP contribution in [0.3, 0.4) is 0 Å². The van der Waals surface area contributed by atoms with Crippen LogP contribution in [0.15, 0.2) is 42.5 Å². The molecule has 1 N–H and O–H groups in total. The van der Waals surface area contributed by atoms with E-state index < -0.39 is 10.2 Å². The average molecular weight is 473 g/mol. The minimum Gasteiger partial charge on any atom is -0.322 e. The van der Waals surface area contributed by atoms with Gasteiger partial charge >= 0.3 is 10.2 Å². The first-order chi connectivity index (χ1) is 11.6. The molecular formula is C17H20IN3O3S. The zero-order chi connectivity index (χ0) is 18.8. The summed E-state index contributed by atoms with van der Waals surface area (Å²) < 4.78 is 27.7. The Bertz CT molecular complexity index is 881. The summed E-state index contributed by atoms with van der Waals surface area (Å²) in [6, 6.07) is 12.2. The molecule has 0 spiro atoms. The molecule has 8 heteroatoms. The molecule has 0 saturated carbocycles. The number of carbonyl (C=O) groups is 1. The minimum absolute atomic E-state index is 0.242. The summed E-state index contributed by atoms with van der Waals surface area (Å²) in [4.78, 5) is 12.4. The third kappa shape index (κ3) is 4.50. The lowest BCUT2D eigenvalue weighted by Crippen LogP contribution is -2.37. The Labute approximate surface area is 162 Å². The van der Waals surface area contributed by atoms with E-state index in [1.165, 1.54) is 21.1 Å². The predicted molar refractivity (Wildman–Crippen MR) is 109 cm³/mol. The molecule has 0 unspecified atom stereocenters. The van der Waals surface area contributed by atoms with E-state index in [-0.39, 0.29) is 5.91 Å². The van der Waals surface area contributed by atoms with Crippen LogP contribution in [0.1, 0.15) is 15.9 Å². The Kier molecular flexibility index (Phi) is 6.07. The Balaban J connectivity index is 2.18. The lowest BCUT2D eigenvalue weighted by Gasteiger charge is -2.23. The quantitative estimate of drug-likeness (QED) is 0.679. The van der Waals surface area contributed by atoms with Gasteiger partial charge in [0.05, 0.1) is 5.69 Å². The Morgan fingerprint density at radius 3 is 2.16 bits per heavy atom. The maximum atomic E-state index is 12.4. The van der Waals surface area contributed by atoms with Crippen LogP contribution in [-0.2, 0) is 10.2 Å². The van der Waals surface area contributed by atoms with Crippen molar-refractivity contribution < 1.29 is 13.2 Å². The second-order valence-corrected chi connectivity index (χ2v) is 9.14. The molecule has 0 aromatic heterocycles. The molecule has 0 aliphatic carbocycles. The number of aryl methyl sites for hydroxylation is 1. The second kappa shape index (κ2) is 7.71. The smallest absolute Gasteiger partial charge is 0.303 e. The summed E-state index contributed by atoms with van der Waals surface area (Å²) in [5.74, 6) is -0.242. The van der Waals surface area contributed by atoms with Gasteiger partial charge in [0.2, 0.25) is 0 Å². The first-order valence-electron chi connectivity index (χ1n) is 7.47. The number of hydrogen-bond acceptors (Lipinski definition) is 3. The molecule has 0 heterocycles. The topological polar surface area (TPSA) is 69.7 Å². The van der Waals surface area contributed by atoms with Crippen LogP contribution in [0.4, 0.5) is 11.4 Å². The number of rotatable bonds is 5. The summed E-state index contributed by atoms with van der Waals surface area (Å²) >= 11 is 2.22. The van der Waals surface area contributed by atoms with E-state index in [1.807, 2.05) is 25.1 Å². The summed E-state index contributed by atoms with van der Waals surface area (Å²) in [5, 5.41) is 2.87. The van der Waals surface area contributed by atoms with E-state index in [9.17, 15) is 13.2 Å². The van der Waals surface area contributed by atoms with E-state index >= 15 is 0 Å². The highest BCUT2D eigenvalue weighted by Crippen LogP contribution is 2.21. The molecule has 134 valence electrons. The predicted octanol–water partition coefficient (Wildman–Crippen LogP) is 3.09. The first kappa shape index (κ1) is 19.7. The summed E-state index contributed by atoms with van der Waals surface area (Å²) in [6.07, 6.45) is 0. The van der Waals surface area contributed by atoms with E-state index in [4.69, 9.17) is 0 Å². The first-order valence-corrected chi connectivity index (χ1v) is 9.94. The molecule has 0 fully saturated rings. The van der Waals surface area contributed by atoms with Crippen molar-refractivity contribution in [1.82, 2.24) is 4.31 Å². The van der Waals surface area contributed by atoms with Crippen molar-refractivity contribution in [3.8, 4) is 0 Å². The van der Waals surface area contributed by atoms with E-state index in [0.717, 1.165) is 23.4 Å². The molecule has 0 radical (unpaired) electrons. The number of nitrogens with zero attached hydrogens (tertiary/aromatic N) is 2. The molecule has 2 rings (SSSR count). The normalized spacial score (nSPS) is 11.4. The van der Waals surface area contributed by atoms with Crippen LogP contribution < -0.4 is 9.62 Å². The lowest BCUT2D eigenvalue weighted by molar-refractivity contribution is 0.102. The SMILES string of the molecule is Cc1cc(I)ccc1NC(=O)c1ccc(N(C)S(=O)(=O)N(C)C)cc1. The molecule has 0 aliphatic heterocycles. The van der Waals surface area contributed by atoms with Gasteiger partial charge in [-0.2, -0.15) is 12.7 Å². The van der Waals surface area contributed by atoms with Gasteiger partial charge in [-0.05, 0) is 77.5 Å². The number of amides is 1. The fourth-order valence-electron chi connectivity index (χ4n) is 2.16. The maximum Gasteiger partial charge on any atom is 0.303 e. The number of hydrogen-bond donors (Lipinski definition) is 1. The van der Waals surface area contributed by atoms with Crippen LogP contribution in [-0.4, -0.2) is 39.8 Å². The van der Waals surface area contributed by atoms with E-state index in [1.54, 1.807) is 24.3 Å². The lowest BCUT2D eigenvalue weighted by atomic mass is 10.1. The van der Waals surface area contributed by atoms with Crippen LogP contribution >= 0.6 is 22.6 Å². The molecule has 6 nitrogen and oxygen atoms in total. The van der Waals surface area contributed by atoms with Gasteiger partial charge in [0.1, 0.15) is 0 Å². The van der Waals surface area contributed by atoms with Crippen LogP contribution in [0, 0.1) is 10.5 Å². The van der Waals surface area contributed by atoms with Crippen molar-refractivity contribution in [2.45, 2.75) is 6.92 Å². The van der Waals surface area contributed by atoms with Crippen molar-refractivity contribution >= 4 is 50.1 Å². The van der Waals surface area contributed by atoms with Crippen LogP contribution in [0.5, 0.6) is 0 Å². The molecule has 1 amide bonds. The molecule has 25 heavy (non-hydrogen) atoms. The maximum absolute atomic E-state index is 12.4. The number of carbonyl (C=O) groups excluding carboxylic acids is 1. The van der Waals surface area contributed by atoms with Gasteiger partial charge in [0.15, 0.2) is 0 Å². The highest BCUT2D eigenvalue weighted by Gasteiger charge is 2.21. The van der Waals surface area contributed by atoms with Gasteiger partial charge in [-0.1, -0.05) is 0 Å². The van der Waals surface area contributed by atoms with Crippen LogP contribution in [0.25, 0.3) is 0 Å². The molecule has 2 aromatic carbocycles. The fraction of sp³-hybridized carbons (Fsp3) is 0.235. The summed E-state index contributed by atoms with van der Waals surface area (Å²) in [7, 11) is 0.854. The van der Waals surface area contributed by atoms with Crippen LogP contribution in [0.2, 0.25) is 0 Å². The van der Waals surface area contributed by atoms with E-state index in [2.05, 4.69) is 27.9 Å². The molecular weight excluding hydrogens is 453 g/mol. The molecule has 0 aliphatic rings. The largest absolute Gasteiger partial charge is 0.322 e. The zero-order valence-corrected chi connectivity index (χ0v) is 17.4. The van der Waals surface area contributed by atoms with Gasteiger partial charge < -0.3 is 5.32 Å². The monoisotopic (exact) mass is 473 g/mol. The van der Waals surface area contributed by atoms with Gasteiger partial charge in [0.25, 0.3) is 5.91 Å². The number of benzene rings is 2. The van der Waals surface area contributed by atoms with Crippen molar-refractivity contribution in [2.75, 3.05) is 30.8 Å². The van der Waals surface area contributed by atoms with Crippen molar-refractivity contribution in [3.05, 3.63) is 57.2 Å². The average Bonchev–Trinajstić information content (AvgIpc) is 2.56. The third-order valence-electron chi connectivity index (χ3n) is 3.74.